The summed E-state index contributed by atoms with van der Waals surface area (Å²) in [5, 5.41) is 12.9. The number of fused-ring (bicyclic) bond motifs is 1. The standard InChI is InChI=1S/C10H13NO3S/c12-10(13)11-4-1-8-9-7(2-5-14-8)3-6-15-9/h3,6,8,11H,1-2,4-5H2,(H,12,13)/t8-/m0/s1. The molecule has 0 bridgehead atoms. The van der Waals surface area contributed by atoms with Gasteiger partial charge >= 0.3 is 6.09 Å². The van der Waals surface area contributed by atoms with Gasteiger partial charge in [-0.25, -0.2) is 4.79 Å². The molecular weight excluding hydrogens is 214 g/mol. The van der Waals surface area contributed by atoms with Crippen LogP contribution in [0.4, 0.5) is 4.79 Å². The number of carbonyl (C=O) groups is 1. The lowest BCUT2D eigenvalue weighted by atomic mass is 10.1. The first-order chi connectivity index (χ1) is 7.27. The van der Waals surface area contributed by atoms with E-state index in [4.69, 9.17) is 9.84 Å². The monoisotopic (exact) mass is 227 g/mol. The molecule has 1 atom stereocenters. The van der Waals surface area contributed by atoms with Gasteiger partial charge in [-0.1, -0.05) is 0 Å². The summed E-state index contributed by atoms with van der Waals surface area (Å²) in [6.45, 7) is 1.18. The van der Waals surface area contributed by atoms with Crippen LogP contribution in [-0.4, -0.2) is 24.4 Å². The minimum Gasteiger partial charge on any atom is -0.465 e. The number of hydrogen-bond donors (Lipinski definition) is 2. The maximum absolute atomic E-state index is 10.3. The maximum atomic E-state index is 10.3. The predicted octanol–water partition coefficient (Wildman–Crippen LogP) is 2.02. The highest BCUT2D eigenvalue weighted by molar-refractivity contribution is 7.10. The van der Waals surface area contributed by atoms with Crippen LogP contribution in [0.3, 0.4) is 0 Å². The Morgan fingerprint density at radius 1 is 1.73 bits per heavy atom. The van der Waals surface area contributed by atoms with Crippen LogP contribution in [0.1, 0.15) is 23.0 Å². The number of hydrogen-bond acceptors (Lipinski definition) is 3. The fourth-order valence-corrected chi connectivity index (χ4v) is 2.79. The van der Waals surface area contributed by atoms with Crippen molar-refractivity contribution in [2.24, 2.45) is 0 Å². The second kappa shape index (κ2) is 4.63. The van der Waals surface area contributed by atoms with E-state index < -0.39 is 6.09 Å². The number of thiophene rings is 1. The van der Waals surface area contributed by atoms with Gasteiger partial charge in [-0.2, -0.15) is 0 Å². The smallest absolute Gasteiger partial charge is 0.404 e. The Hall–Kier alpha value is -1.07. The van der Waals surface area contributed by atoms with E-state index in [0.717, 1.165) is 13.0 Å². The summed E-state index contributed by atoms with van der Waals surface area (Å²) in [6.07, 6.45) is 0.777. The van der Waals surface area contributed by atoms with E-state index in [0.29, 0.717) is 13.0 Å². The maximum Gasteiger partial charge on any atom is 0.404 e. The molecule has 0 aliphatic carbocycles. The van der Waals surface area contributed by atoms with Crippen LogP contribution in [0.15, 0.2) is 11.4 Å². The molecule has 0 saturated carbocycles. The quantitative estimate of drug-likeness (QED) is 0.830. The third-order valence-corrected chi connectivity index (χ3v) is 3.50. The SMILES string of the molecule is O=C(O)NCC[C@@H]1OCCc2ccsc21. The third kappa shape index (κ3) is 2.49. The molecule has 0 fully saturated rings. The van der Waals surface area contributed by atoms with Gasteiger partial charge in [-0.15, -0.1) is 11.3 Å². The summed E-state index contributed by atoms with van der Waals surface area (Å²) in [5.74, 6) is 0. The molecule has 2 rings (SSSR count). The Morgan fingerprint density at radius 3 is 3.40 bits per heavy atom. The van der Waals surface area contributed by atoms with Crippen molar-refractivity contribution in [1.82, 2.24) is 5.32 Å². The van der Waals surface area contributed by atoms with Crippen molar-refractivity contribution in [3.63, 3.8) is 0 Å². The van der Waals surface area contributed by atoms with E-state index in [1.54, 1.807) is 11.3 Å². The summed E-state index contributed by atoms with van der Waals surface area (Å²) >= 11 is 1.69. The highest BCUT2D eigenvalue weighted by Gasteiger charge is 2.21. The molecule has 0 saturated heterocycles. The van der Waals surface area contributed by atoms with Crippen LogP contribution in [0.2, 0.25) is 0 Å². The topological polar surface area (TPSA) is 58.6 Å². The molecule has 1 aromatic rings. The van der Waals surface area contributed by atoms with Gasteiger partial charge in [-0.05, 0) is 29.9 Å². The number of ether oxygens (including phenoxy) is 1. The number of nitrogens with one attached hydrogen (secondary N) is 1. The third-order valence-electron chi connectivity index (χ3n) is 2.45. The molecule has 1 aromatic heterocycles. The number of carboxylic acid groups (broad SMARTS) is 1. The van der Waals surface area contributed by atoms with Crippen LogP contribution in [0.25, 0.3) is 0 Å². The lowest BCUT2D eigenvalue weighted by molar-refractivity contribution is 0.0399. The molecule has 1 aliphatic rings. The second-order valence-corrected chi connectivity index (χ2v) is 4.39. The van der Waals surface area contributed by atoms with Gasteiger partial charge in [0, 0.05) is 11.4 Å². The molecule has 0 unspecified atom stereocenters. The zero-order valence-corrected chi connectivity index (χ0v) is 9.05. The second-order valence-electron chi connectivity index (χ2n) is 3.44. The van der Waals surface area contributed by atoms with E-state index in [2.05, 4.69) is 16.8 Å². The molecule has 15 heavy (non-hydrogen) atoms. The lowest BCUT2D eigenvalue weighted by Gasteiger charge is -2.22. The molecule has 82 valence electrons. The molecule has 5 heteroatoms. The van der Waals surface area contributed by atoms with Crippen LogP contribution in [0.5, 0.6) is 0 Å². The van der Waals surface area contributed by atoms with Crippen LogP contribution in [-0.2, 0) is 11.2 Å². The van der Waals surface area contributed by atoms with Crippen molar-refractivity contribution < 1.29 is 14.6 Å². The van der Waals surface area contributed by atoms with Crippen LogP contribution >= 0.6 is 11.3 Å². The van der Waals surface area contributed by atoms with Gasteiger partial charge in [0.1, 0.15) is 0 Å². The Kier molecular flexibility index (Phi) is 3.23. The zero-order valence-electron chi connectivity index (χ0n) is 8.23. The summed E-state index contributed by atoms with van der Waals surface area (Å²) in [5.41, 5.74) is 1.35. The first-order valence-corrected chi connectivity index (χ1v) is 5.80. The average Bonchev–Trinajstić information content (AvgIpc) is 2.65. The van der Waals surface area contributed by atoms with Crippen LogP contribution in [0, 0.1) is 0 Å². The van der Waals surface area contributed by atoms with Gasteiger partial charge in [0.2, 0.25) is 0 Å². The minimum atomic E-state index is -0.975. The van der Waals surface area contributed by atoms with Gasteiger partial charge in [0.05, 0.1) is 12.7 Å². The molecule has 2 heterocycles. The van der Waals surface area contributed by atoms with Gasteiger partial charge < -0.3 is 15.2 Å². The van der Waals surface area contributed by atoms with Crippen molar-refractivity contribution in [3.05, 3.63) is 21.9 Å². The fourth-order valence-electron chi connectivity index (χ4n) is 1.75. The molecule has 2 N–H and O–H groups in total. The van der Waals surface area contributed by atoms with Crippen molar-refractivity contribution >= 4 is 17.4 Å². The van der Waals surface area contributed by atoms with E-state index >= 15 is 0 Å². The highest BCUT2D eigenvalue weighted by Crippen LogP contribution is 2.33. The van der Waals surface area contributed by atoms with Crippen molar-refractivity contribution in [2.45, 2.75) is 18.9 Å². The first kappa shape index (κ1) is 10.4. The number of rotatable bonds is 3. The van der Waals surface area contributed by atoms with Gasteiger partial charge in [0.15, 0.2) is 0 Å². The Bertz CT molecular complexity index is 350. The van der Waals surface area contributed by atoms with Crippen molar-refractivity contribution in [2.75, 3.05) is 13.2 Å². The van der Waals surface area contributed by atoms with Crippen molar-refractivity contribution in [1.29, 1.82) is 0 Å². The van der Waals surface area contributed by atoms with Crippen LogP contribution < -0.4 is 5.32 Å². The van der Waals surface area contributed by atoms with E-state index in [1.165, 1.54) is 10.4 Å². The van der Waals surface area contributed by atoms with E-state index in [1.807, 2.05) is 0 Å². The summed E-state index contributed by atoms with van der Waals surface area (Å²) in [4.78, 5) is 11.5. The largest absolute Gasteiger partial charge is 0.465 e. The lowest BCUT2D eigenvalue weighted by Crippen LogP contribution is -2.25. The molecule has 1 aliphatic heterocycles. The molecule has 0 aromatic carbocycles. The zero-order chi connectivity index (χ0) is 10.7. The van der Waals surface area contributed by atoms with Gasteiger partial charge in [0.25, 0.3) is 0 Å². The normalized spacial score (nSPS) is 19.6. The molecule has 1 amide bonds. The Balaban J connectivity index is 1.92. The Morgan fingerprint density at radius 2 is 2.60 bits per heavy atom. The molecule has 0 spiro atoms. The predicted molar refractivity (Wildman–Crippen MR) is 57.4 cm³/mol. The van der Waals surface area contributed by atoms with E-state index in [9.17, 15) is 4.79 Å². The summed E-state index contributed by atoms with van der Waals surface area (Å²) in [6, 6.07) is 2.13. The average molecular weight is 227 g/mol. The summed E-state index contributed by atoms with van der Waals surface area (Å²) in [7, 11) is 0. The number of amides is 1. The van der Waals surface area contributed by atoms with Gasteiger partial charge in [-0.3, -0.25) is 0 Å². The molecule has 4 nitrogen and oxygen atoms in total. The summed E-state index contributed by atoms with van der Waals surface area (Å²) < 4.78 is 5.62. The fraction of sp³-hybridized carbons (Fsp3) is 0.500. The van der Waals surface area contributed by atoms with Crippen molar-refractivity contribution in [3.8, 4) is 0 Å². The molecule has 0 radical (unpaired) electrons. The molecular formula is C10H13NO3S. The first-order valence-electron chi connectivity index (χ1n) is 4.92. The minimum absolute atomic E-state index is 0.0700. The van der Waals surface area contributed by atoms with E-state index in [-0.39, 0.29) is 6.10 Å². The Labute approximate surface area is 91.9 Å². The highest BCUT2D eigenvalue weighted by atomic mass is 32.1.